The third-order valence-corrected chi connectivity index (χ3v) is 2.81. The van der Waals surface area contributed by atoms with Crippen LogP contribution in [0.3, 0.4) is 0 Å². The zero-order valence-electron chi connectivity index (χ0n) is 11.3. The molecule has 0 aliphatic carbocycles. The second-order valence-electron chi connectivity index (χ2n) is 4.65. The molecule has 0 radical (unpaired) electrons. The molecule has 1 unspecified atom stereocenters. The van der Waals surface area contributed by atoms with Gasteiger partial charge in [0.15, 0.2) is 0 Å². The first-order chi connectivity index (χ1) is 8.54. The van der Waals surface area contributed by atoms with Gasteiger partial charge in [-0.2, -0.15) is 0 Å². The van der Waals surface area contributed by atoms with E-state index in [1.54, 1.807) is 7.11 Å². The van der Waals surface area contributed by atoms with Crippen LogP contribution in [0.15, 0.2) is 24.3 Å². The molecule has 0 saturated heterocycles. The van der Waals surface area contributed by atoms with E-state index < -0.39 is 6.04 Å². The zero-order chi connectivity index (χ0) is 13.5. The first-order valence-electron chi connectivity index (χ1n) is 6.20. The van der Waals surface area contributed by atoms with Gasteiger partial charge in [-0.05, 0) is 30.0 Å². The second-order valence-corrected chi connectivity index (χ2v) is 4.65. The first-order valence-corrected chi connectivity index (χ1v) is 6.20. The highest BCUT2D eigenvalue weighted by molar-refractivity contribution is 5.94. The van der Waals surface area contributed by atoms with Gasteiger partial charge in [0.1, 0.15) is 0 Å². The number of nitrogens with two attached hydrogens (primary N) is 1. The number of anilines is 1. The van der Waals surface area contributed by atoms with Crippen molar-refractivity contribution in [1.82, 2.24) is 0 Å². The van der Waals surface area contributed by atoms with Crippen molar-refractivity contribution in [2.45, 2.75) is 32.2 Å². The predicted octanol–water partition coefficient (Wildman–Crippen LogP) is 2.11. The number of ether oxygens (including phenoxy) is 1. The van der Waals surface area contributed by atoms with Crippen LogP contribution in [0.1, 0.15) is 31.7 Å². The molecular formula is C14H22N2O2. The summed E-state index contributed by atoms with van der Waals surface area (Å²) in [7, 11) is 1.59. The third-order valence-electron chi connectivity index (χ3n) is 2.81. The molecule has 100 valence electrons. The number of rotatable bonds is 6. The second kappa shape index (κ2) is 7.13. The summed E-state index contributed by atoms with van der Waals surface area (Å²) in [6.07, 6.45) is 0.520. The number of amides is 1. The SMILES string of the molecule is COCCC(N)C(=O)Nc1ccc(C(C)C)cc1. The van der Waals surface area contributed by atoms with Gasteiger partial charge in [0.2, 0.25) is 5.91 Å². The molecule has 0 fully saturated rings. The van der Waals surface area contributed by atoms with Gasteiger partial charge in [-0.1, -0.05) is 26.0 Å². The van der Waals surface area contributed by atoms with Crippen molar-refractivity contribution in [1.29, 1.82) is 0 Å². The molecular weight excluding hydrogens is 228 g/mol. The van der Waals surface area contributed by atoms with Crippen LogP contribution in [0.4, 0.5) is 5.69 Å². The Kier molecular flexibility index (Phi) is 5.82. The molecule has 3 N–H and O–H groups in total. The molecule has 0 aromatic heterocycles. The van der Waals surface area contributed by atoms with Crippen LogP contribution in [0.5, 0.6) is 0 Å². The van der Waals surface area contributed by atoms with Crippen LogP contribution >= 0.6 is 0 Å². The maximum atomic E-state index is 11.7. The monoisotopic (exact) mass is 250 g/mol. The number of methoxy groups -OCH3 is 1. The molecule has 1 amide bonds. The maximum absolute atomic E-state index is 11.7. The molecule has 1 aromatic carbocycles. The van der Waals surface area contributed by atoms with Gasteiger partial charge < -0.3 is 15.8 Å². The summed E-state index contributed by atoms with van der Waals surface area (Å²) in [6, 6.07) is 7.30. The van der Waals surface area contributed by atoms with Crippen LogP contribution < -0.4 is 11.1 Å². The first kappa shape index (κ1) is 14.7. The fourth-order valence-corrected chi connectivity index (χ4v) is 1.56. The van der Waals surface area contributed by atoms with E-state index in [2.05, 4.69) is 19.2 Å². The van der Waals surface area contributed by atoms with Crippen molar-refractivity contribution in [3.8, 4) is 0 Å². The lowest BCUT2D eigenvalue weighted by molar-refractivity contribution is -0.117. The van der Waals surface area contributed by atoms with Crippen LogP contribution in [0, 0.1) is 0 Å². The van der Waals surface area contributed by atoms with E-state index in [4.69, 9.17) is 10.5 Å². The van der Waals surface area contributed by atoms with E-state index in [1.165, 1.54) is 5.56 Å². The van der Waals surface area contributed by atoms with Gasteiger partial charge in [-0.3, -0.25) is 4.79 Å². The highest BCUT2D eigenvalue weighted by Gasteiger charge is 2.13. The molecule has 0 aliphatic heterocycles. The van der Waals surface area contributed by atoms with Crippen molar-refractivity contribution in [3.63, 3.8) is 0 Å². The van der Waals surface area contributed by atoms with Crippen molar-refractivity contribution < 1.29 is 9.53 Å². The van der Waals surface area contributed by atoms with Crippen molar-refractivity contribution in [3.05, 3.63) is 29.8 Å². The lowest BCUT2D eigenvalue weighted by Crippen LogP contribution is -2.36. The van der Waals surface area contributed by atoms with E-state index in [9.17, 15) is 4.79 Å². The van der Waals surface area contributed by atoms with Gasteiger partial charge in [0.25, 0.3) is 0 Å². The van der Waals surface area contributed by atoms with Crippen molar-refractivity contribution in [2.75, 3.05) is 19.0 Å². The number of hydrogen-bond acceptors (Lipinski definition) is 3. The van der Waals surface area contributed by atoms with E-state index in [0.717, 1.165) is 5.69 Å². The smallest absolute Gasteiger partial charge is 0.241 e. The minimum absolute atomic E-state index is 0.177. The van der Waals surface area contributed by atoms with Crippen LogP contribution in [-0.2, 0) is 9.53 Å². The normalized spacial score (nSPS) is 12.5. The third kappa shape index (κ3) is 4.47. The number of benzene rings is 1. The Bertz CT molecular complexity index is 374. The zero-order valence-corrected chi connectivity index (χ0v) is 11.3. The average molecular weight is 250 g/mol. The molecule has 4 nitrogen and oxygen atoms in total. The largest absolute Gasteiger partial charge is 0.385 e. The predicted molar refractivity (Wildman–Crippen MR) is 73.6 cm³/mol. The summed E-state index contributed by atoms with van der Waals surface area (Å²) >= 11 is 0. The molecule has 1 aromatic rings. The van der Waals surface area contributed by atoms with E-state index >= 15 is 0 Å². The van der Waals surface area contributed by atoms with E-state index in [0.29, 0.717) is 18.9 Å². The Balaban J connectivity index is 2.53. The summed E-state index contributed by atoms with van der Waals surface area (Å²) < 4.78 is 4.89. The highest BCUT2D eigenvalue weighted by atomic mass is 16.5. The summed E-state index contributed by atoms with van der Waals surface area (Å²) in [4.78, 5) is 11.7. The van der Waals surface area contributed by atoms with Gasteiger partial charge in [-0.15, -0.1) is 0 Å². The van der Waals surface area contributed by atoms with Crippen molar-refractivity contribution in [2.24, 2.45) is 5.73 Å². The molecule has 4 heteroatoms. The Labute approximate surface area is 109 Å². The lowest BCUT2D eigenvalue weighted by atomic mass is 10.0. The lowest BCUT2D eigenvalue weighted by Gasteiger charge is -2.12. The van der Waals surface area contributed by atoms with Crippen LogP contribution in [0.25, 0.3) is 0 Å². The maximum Gasteiger partial charge on any atom is 0.241 e. The molecule has 0 bridgehead atoms. The molecule has 0 spiro atoms. The Morgan fingerprint density at radius 2 is 1.94 bits per heavy atom. The quantitative estimate of drug-likeness (QED) is 0.812. The van der Waals surface area contributed by atoms with E-state index in [1.807, 2.05) is 24.3 Å². The highest BCUT2D eigenvalue weighted by Crippen LogP contribution is 2.17. The topological polar surface area (TPSA) is 64.3 Å². The average Bonchev–Trinajstić information content (AvgIpc) is 2.36. The van der Waals surface area contributed by atoms with Gasteiger partial charge in [0.05, 0.1) is 6.04 Å². The fraction of sp³-hybridized carbons (Fsp3) is 0.500. The number of nitrogens with one attached hydrogen (secondary N) is 1. The van der Waals surface area contributed by atoms with Gasteiger partial charge in [0, 0.05) is 19.4 Å². The summed E-state index contributed by atoms with van der Waals surface area (Å²) in [5.74, 6) is 0.308. The van der Waals surface area contributed by atoms with E-state index in [-0.39, 0.29) is 5.91 Å². The number of hydrogen-bond donors (Lipinski definition) is 2. The Morgan fingerprint density at radius 3 is 2.44 bits per heavy atom. The summed E-state index contributed by atoms with van der Waals surface area (Å²) in [5, 5.41) is 2.80. The molecule has 0 aliphatic rings. The Hall–Kier alpha value is -1.39. The number of carbonyl (C=O) groups excluding carboxylic acids is 1. The van der Waals surface area contributed by atoms with Crippen LogP contribution in [0.2, 0.25) is 0 Å². The van der Waals surface area contributed by atoms with Gasteiger partial charge >= 0.3 is 0 Å². The van der Waals surface area contributed by atoms with Gasteiger partial charge in [-0.25, -0.2) is 0 Å². The Morgan fingerprint density at radius 1 is 1.33 bits per heavy atom. The summed E-state index contributed by atoms with van der Waals surface area (Å²) in [5.41, 5.74) is 7.76. The van der Waals surface area contributed by atoms with Crippen LogP contribution in [-0.4, -0.2) is 25.7 Å². The summed E-state index contributed by atoms with van der Waals surface area (Å²) in [6.45, 7) is 4.75. The molecule has 1 rings (SSSR count). The molecule has 0 saturated carbocycles. The fourth-order valence-electron chi connectivity index (χ4n) is 1.56. The van der Waals surface area contributed by atoms with Crippen molar-refractivity contribution >= 4 is 11.6 Å². The molecule has 0 heterocycles. The minimum Gasteiger partial charge on any atom is -0.385 e. The standard InChI is InChI=1S/C14H22N2O2/c1-10(2)11-4-6-12(7-5-11)16-14(17)13(15)8-9-18-3/h4-7,10,13H,8-9,15H2,1-3H3,(H,16,17). The molecule has 18 heavy (non-hydrogen) atoms. The minimum atomic E-state index is -0.533. The molecule has 1 atom stereocenters. The number of carbonyl (C=O) groups is 1.